The molecule has 236 valence electrons. The summed E-state index contributed by atoms with van der Waals surface area (Å²) in [6.45, 7) is 6.90. The summed E-state index contributed by atoms with van der Waals surface area (Å²) in [5.41, 5.74) is 4.26. The molecule has 0 saturated carbocycles. The number of carbonyl (C=O) groups excluding carboxylic acids is 1. The second-order valence-electron chi connectivity index (χ2n) is 10.7. The Labute approximate surface area is 261 Å². The van der Waals surface area contributed by atoms with Gasteiger partial charge in [0, 0.05) is 23.5 Å². The Morgan fingerprint density at radius 1 is 1.04 bits per heavy atom. The van der Waals surface area contributed by atoms with Crippen LogP contribution in [0.25, 0.3) is 17.1 Å². The van der Waals surface area contributed by atoms with Crippen molar-refractivity contribution < 1.29 is 31.5 Å². The number of thioether (sulfide) groups is 1. The maximum Gasteiger partial charge on any atom is 0.573 e. The van der Waals surface area contributed by atoms with Crippen LogP contribution < -0.4 is 9.64 Å². The van der Waals surface area contributed by atoms with E-state index in [0.717, 1.165) is 34.7 Å². The zero-order valence-corrected chi connectivity index (χ0v) is 25.4. The normalized spacial score (nSPS) is 15.9. The number of hydrogen-bond acceptors (Lipinski definition) is 5. The van der Waals surface area contributed by atoms with Crippen LogP contribution >= 0.6 is 11.8 Å². The smallest absolute Gasteiger partial charge is 0.406 e. The first-order chi connectivity index (χ1) is 21.4. The molecule has 1 fully saturated rings. The number of aromatic nitrogens is 3. The molecule has 5 rings (SSSR count). The molecule has 2 heterocycles. The highest BCUT2D eigenvalue weighted by Gasteiger charge is 2.31. The van der Waals surface area contributed by atoms with Crippen LogP contribution in [0.3, 0.4) is 0 Å². The Hall–Kier alpha value is -4.26. The van der Waals surface area contributed by atoms with E-state index in [1.165, 1.54) is 59.2 Å². The Morgan fingerprint density at radius 3 is 2.42 bits per heavy atom. The summed E-state index contributed by atoms with van der Waals surface area (Å²) < 4.78 is 72.5. The van der Waals surface area contributed by atoms with Gasteiger partial charge < -0.3 is 9.64 Å². The van der Waals surface area contributed by atoms with Crippen molar-refractivity contribution in [1.29, 1.82) is 0 Å². The van der Waals surface area contributed by atoms with Gasteiger partial charge in [-0.05, 0) is 59.9 Å². The highest BCUT2D eigenvalue weighted by Crippen LogP contribution is 2.35. The highest BCUT2D eigenvalue weighted by molar-refractivity contribution is 8.14. The first-order valence-corrected chi connectivity index (χ1v) is 15.2. The third kappa shape index (κ3) is 7.70. The number of alkyl halides is 5. The lowest BCUT2D eigenvalue weighted by atomic mass is 9.95. The van der Waals surface area contributed by atoms with Crippen LogP contribution in [0.5, 0.6) is 5.75 Å². The SMILES string of the molecule is Cc1cccc(N2CCS/C2=N\C(=O)CC(F)C(F)c2ccc(-c3ncn(-c4ccc(OC(F)(F)F)cc4)n3)cc2)c1C(C)C. The van der Waals surface area contributed by atoms with Gasteiger partial charge in [0.25, 0.3) is 5.91 Å². The fraction of sp³-hybridized carbons (Fsp3) is 0.312. The summed E-state index contributed by atoms with van der Waals surface area (Å²) in [6, 6.07) is 16.9. The van der Waals surface area contributed by atoms with E-state index in [2.05, 4.69) is 33.7 Å². The zero-order chi connectivity index (χ0) is 32.3. The number of hydrogen-bond donors (Lipinski definition) is 0. The van der Waals surface area contributed by atoms with Crippen molar-refractivity contribution in [2.45, 2.75) is 51.8 Å². The quantitative estimate of drug-likeness (QED) is 0.172. The lowest BCUT2D eigenvalue weighted by Crippen LogP contribution is -2.26. The summed E-state index contributed by atoms with van der Waals surface area (Å²) in [6.07, 6.45) is -8.28. The number of nitrogens with zero attached hydrogens (tertiary/aromatic N) is 5. The van der Waals surface area contributed by atoms with Crippen LogP contribution in [0.1, 0.15) is 49.0 Å². The molecule has 45 heavy (non-hydrogen) atoms. The molecular weight excluding hydrogens is 613 g/mol. The van der Waals surface area contributed by atoms with Gasteiger partial charge in [0.2, 0.25) is 0 Å². The molecule has 7 nitrogen and oxygen atoms in total. The van der Waals surface area contributed by atoms with Gasteiger partial charge in [0.05, 0.1) is 12.1 Å². The molecule has 0 aliphatic carbocycles. The molecule has 3 aromatic carbocycles. The van der Waals surface area contributed by atoms with E-state index >= 15 is 4.39 Å². The van der Waals surface area contributed by atoms with Crippen molar-refractivity contribution >= 4 is 28.5 Å². The Kier molecular flexibility index (Phi) is 9.56. The summed E-state index contributed by atoms with van der Waals surface area (Å²) in [5.74, 6) is 0.146. The van der Waals surface area contributed by atoms with Gasteiger partial charge in [-0.3, -0.25) is 4.79 Å². The molecule has 1 amide bonds. The van der Waals surface area contributed by atoms with Gasteiger partial charge in [-0.15, -0.1) is 18.3 Å². The molecule has 1 aliphatic rings. The molecule has 1 aromatic heterocycles. The minimum Gasteiger partial charge on any atom is -0.406 e. The van der Waals surface area contributed by atoms with E-state index < -0.39 is 31.0 Å². The van der Waals surface area contributed by atoms with Crippen molar-refractivity contribution in [3.63, 3.8) is 0 Å². The van der Waals surface area contributed by atoms with E-state index in [0.29, 0.717) is 23.0 Å². The number of aliphatic imine (C=N–C) groups is 1. The van der Waals surface area contributed by atoms with Gasteiger partial charge in [-0.2, -0.15) is 4.99 Å². The number of amidine groups is 1. The Morgan fingerprint density at radius 2 is 1.76 bits per heavy atom. The minimum atomic E-state index is -4.80. The first kappa shape index (κ1) is 32.1. The average molecular weight is 644 g/mol. The molecule has 4 aromatic rings. The monoisotopic (exact) mass is 643 g/mol. The number of amides is 1. The highest BCUT2D eigenvalue weighted by atomic mass is 32.2. The summed E-state index contributed by atoms with van der Waals surface area (Å²) in [4.78, 5) is 23.1. The van der Waals surface area contributed by atoms with Crippen molar-refractivity contribution in [1.82, 2.24) is 14.8 Å². The number of rotatable bonds is 9. The van der Waals surface area contributed by atoms with Crippen LogP contribution in [0, 0.1) is 6.92 Å². The molecule has 0 radical (unpaired) electrons. The lowest BCUT2D eigenvalue weighted by molar-refractivity contribution is -0.274. The predicted octanol–water partition coefficient (Wildman–Crippen LogP) is 8.14. The van der Waals surface area contributed by atoms with Crippen LogP contribution in [0.4, 0.5) is 27.6 Å². The number of benzene rings is 3. The van der Waals surface area contributed by atoms with E-state index in [1.54, 1.807) is 0 Å². The zero-order valence-electron chi connectivity index (χ0n) is 24.6. The van der Waals surface area contributed by atoms with Crippen molar-refractivity contribution in [3.8, 4) is 22.8 Å². The van der Waals surface area contributed by atoms with Crippen molar-refractivity contribution in [2.75, 3.05) is 17.2 Å². The number of aryl methyl sites for hydroxylation is 1. The minimum absolute atomic E-state index is 0.0459. The Bertz CT molecular complexity index is 1670. The largest absolute Gasteiger partial charge is 0.573 e. The van der Waals surface area contributed by atoms with E-state index in [9.17, 15) is 22.4 Å². The fourth-order valence-electron chi connectivity index (χ4n) is 5.14. The first-order valence-electron chi connectivity index (χ1n) is 14.2. The molecule has 0 N–H and O–H groups in total. The van der Waals surface area contributed by atoms with Gasteiger partial charge in [-0.1, -0.05) is 62.0 Å². The standard InChI is InChI=1S/C32H30F5N5O2S/c1-19(2)28-20(3)5-4-6-26(28)41-15-16-45-31(41)39-27(43)17-25(33)29(34)21-7-9-22(10-8-21)30-38-18-42(40-30)23-11-13-24(14-12-23)44-32(35,36)37/h4-14,18-19,25,29H,15-17H2,1-3H3/b39-31-. The number of halogens is 5. The topological polar surface area (TPSA) is 72.6 Å². The van der Waals surface area contributed by atoms with Gasteiger partial charge in [0.1, 0.15) is 18.2 Å². The van der Waals surface area contributed by atoms with Gasteiger partial charge >= 0.3 is 6.36 Å². The van der Waals surface area contributed by atoms with Crippen molar-refractivity contribution in [3.05, 3.63) is 89.7 Å². The molecule has 2 unspecified atom stereocenters. The second kappa shape index (κ2) is 13.4. The third-order valence-electron chi connectivity index (χ3n) is 7.17. The molecule has 1 aliphatic heterocycles. The number of anilines is 1. The van der Waals surface area contributed by atoms with Gasteiger partial charge in [0.15, 0.2) is 17.2 Å². The molecule has 0 spiro atoms. The summed E-state index contributed by atoms with van der Waals surface area (Å²) in [7, 11) is 0. The molecule has 2 atom stereocenters. The lowest BCUT2D eigenvalue weighted by Gasteiger charge is -2.24. The summed E-state index contributed by atoms with van der Waals surface area (Å²) >= 11 is 1.41. The second-order valence-corrected chi connectivity index (χ2v) is 11.8. The maximum absolute atomic E-state index is 15.1. The Balaban J connectivity index is 1.22. The maximum atomic E-state index is 15.1. The third-order valence-corrected chi connectivity index (χ3v) is 8.12. The van der Waals surface area contributed by atoms with Crippen LogP contribution in [-0.4, -0.2) is 50.7 Å². The van der Waals surface area contributed by atoms with Crippen LogP contribution in [0.2, 0.25) is 0 Å². The predicted molar refractivity (Wildman–Crippen MR) is 164 cm³/mol. The average Bonchev–Trinajstić information content (AvgIpc) is 3.66. The molecule has 0 bridgehead atoms. The fourth-order valence-corrected chi connectivity index (χ4v) is 6.11. The molecule has 1 saturated heterocycles. The molecular formula is C32H30F5N5O2S. The summed E-state index contributed by atoms with van der Waals surface area (Å²) in [5, 5.41) is 4.79. The van der Waals surface area contributed by atoms with Gasteiger partial charge in [-0.25, -0.2) is 18.4 Å². The number of carbonyl (C=O) groups is 1. The molecule has 13 heteroatoms. The van der Waals surface area contributed by atoms with E-state index in [4.69, 9.17) is 0 Å². The van der Waals surface area contributed by atoms with Crippen LogP contribution in [-0.2, 0) is 4.79 Å². The van der Waals surface area contributed by atoms with E-state index in [-0.39, 0.29) is 23.1 Å². The van der Waals surface area contributed by atoms with E-state index in [1.807, 2.05) is 30.0 Å². The van der Waals surface area contributed by atoms with Crippen LogP contribution in [0.15, 0.2) is 78.0 Å². The van der Waals surface area contributed by atoms with Crippen molar-refractivity contribution in [2.24, 2.45) is 4.99 Å². The number of ether oxygens (including phenoxy) is 1.